The number of nitrogens with zero attached hydrogens (tertiary/aromatic N) is 1. The number of thiophene rings is 1. The number of thiocarbonyl (C=S) groups is 1. The van der Waals surface area contributed by atoms with Gasteiger partial charge in [-0.3, -0.25) is 4.90 Å². The Morgan fingerprint density at radius 2 is 2.15 bits per heavy atom. The second kappa shape index (κ2) is 6.83. The van der Waals surface area contributed by atoms with Crippen molar-refractivity contribution in [1.29, 1.82) is 0 Å². The highest BCUT2D eigenvalue weighted by Crippen LogP contribution is 2.22. The highest BCUT2D eigenvalue weighted by Gasteiger charge is 2.09. The largest absolute Gasteiger partial charge is 0.496 e. The van der Waals surface area contributed by atoms with Crippen LogP contribution in [0.2, 0.25) is 0 Å². The summed E-state index contributed by atoms with van der Waals surface area (Å²) in [7, 11) is 3.77. The average molecular weight is 306 g/mol. The molecular weight excluding hydrogens is 288 g/mol. The van der Waals surface area contributed by atoms with E-state index in [1.54, 1.807) is 18.4 Å². The van der Waals surface area contributed by atoms with Crippen LogP contribution in [0.3, 0.4) is 0 Å². The maximum Gasteiger partial charge on any atom is 0.123 e. The Balaban J connectivity index is 2.14. The lowest BCUT2D eigenvalue weighted by Gasteiger charge is -2.18. The first-order valence-electron chi connectivity index (χ1n) is 6.26. The molecule has 1 aromatic carbocycles. The molecule has 0 atom stereocenters. The monoisotopic (exact) mass is 306 g/mol. The van der Waals surface area contributed by atoms with Gasteiger partial charge in [0, 0.05) is 24.2 Å². The van der Waals surface area contributed by atoms with Crippen molar-refractivity contribution >= 4 is 28.5 Å². The molecule has 3 nitrogen and oxygen atoms in total. The lowest BCUT2D eigenvalue weighted by atomic mass is 10.1. The normalized spacial score (nSPS) is 10.8. The predicted molar refractivity (Wildman–Crippen MR) is 88.4 cm³/mol. The second-order valence-corrected chi connectivity index (χ2v) is 5.91. The van der Waals surface area contributed by atoms with E-state index in [1.807, 2.05) is 18.2 Å². The van der Waals surface area contributed by atoms with E-state index in [-0.39, 0.29) is 0 Å². The molecular formula is C15H18N2OS2. The van der Waals surface area contributed by atoms with Crippen molar-refractivity contribution in [3.8, 4) is 5.75 Å². The molecule has 2 aromatic rings. The van der Waals surface area contributed by atoms with Crippen molar-refractivity contribution in [2.24, 2.45) is 5.73 Å². The number of methoxy groups -OCH3 is 1. The maximum atomic E-state index is 5.69. The van der Waals surface area contributed by atoms with E-state index in [4.69, 9.17) is 22.7 Å². The third-order valence-electron chi connectivity index (χ3n) is 3.04. The molecule has 0 bridgehead atoms. The van der Waals surface area contributed by atoms with E-state index in [0.717, 1.165) is 30.0 Å². The molecule has 2 rings (SSSR count). The van der Waals surface area contributed by atoms with Crippen molar-refractivity contribution in [1.82, 2.24) is 4.90 Å². The van der Waals surface area contributed by atoms with Crippen LogP contribution in [0.4, 0.5) is 0 Å². The molecule has 1 heterocycles. The molecule has 0 spiro atoms. The van der Waals surface area contributed by atoms with Crippen LogP contribution in [0.5, 0.6) is 5.75 Å². The Bertz CT molecular complexity index is 582. The van der Waals surface area contributed by atoms with Gasteiger partial charge in [-0.1, -0.05) is 12.2 Å². The summed E-state index contributed by atoms with van der Waals surface area (Å²) in [5.41, 5.74) is 8.98. The fraction of sp³-hybridized carbons (Fsp3) is 0.267. The summed E-state index contributed by atoms with van der Waals surface area (Å²) < 4.78 is 5.41. The molecule has 0 saturated heterocycles. The zero-order chi connectivity index (χ0) is 14.5. The predicted octanol–water partition coefficient (Wildman–Crippen LogP) is 3.02. The van der Waals surface area contributed by atoms with Crippen LogP contribution in [0.15, 0.2) is 35.0 Å². The summed E-state index contributed by atoms with van der Waals surface area (Å²) in [6.07, 6.45) is 0. The van der Waals surface area contributed by atoms with Gasteiger partial charge in [0.15, 0.2) is 0 Å². The number of ether oxygens (including phenoxy) is 1. The zero-order valence-corrected chi connectivity index (χ0v) is 13.3. The summed E-state index contributed by atoms with van der Waals surface area (Å²) in [5, 5.41) is 4.26. The van der Waals surface area contributed by atoms with Gasteiger partial charge < -0.3 is 10.5 Å². The van der Waals surface area contributed by atoms with E-state index in [0.29, 0.717) is 4.99 Å². The Morgan fingerprint density at radius 3 is 2.75 bits per heavy atom. The summed E-state index contributed by atoms with van der Waals surface area (Å²) in [6, 6.07) is 7.96. The van der Waals surface area contributed by atoms with Crippen molar-refractivity contribution in [2.75, 3.05) is 14.2 Å². The number of hydrogen-bond acceptors (Lipinski definition) is 4. The van der Waals surface area contributed by atoms with Crippen LogP contribution in [-0.4, -0.2) is 24.0 Å². The Hall–Kier alpha value is -1.43. The number of nitrogens with two attached hydrogens (primary N) is 1. The van der Waals surface area contributed by atoms with Gasteiger partial charge in [0.05, 0.1) is 7.11 Å². The van der Waals surface area contributed by atoms with Crippen LogP contribution in [0.1, 0.15) is 16.7 Å². The second-order valence-electron chi connectivity index (χ2n) is 4.69. The average Bonchev–Trinajstić information content (AvgIpc) is 2.91. The number of hydrogen-bond donors (Lipinski definition) is 1. The SMILES string of the molecule is COc1ccc(C(N)=S)cc1CN(C)Cc1ccsc1. The molecule has 0 radical (unpaired) electrons. The topological polar surface area (TPSA) is 38.5 Å². The molecule has 0 aliphatic heterocycles. The molecule has 0 aliphatic rings. The van der Waals surface area contributed by atoms with E-state index in [1.165, 1.54) is 5.56 Å². The summed E-state index contributed by atoms with van der Waals surface area (Å²) >= 11 is 6.75. The maximum absolute atomic E-state index is 5.69. The molecule has 1 aromatic heterocycles. The highest BCUT2D eigenvalue weighted by atomic mass is 32.1. The smallest absolute Gasteiger partial charge is 0.123 e. The van der Waals surface area contributed by atoms with Crippen molar-refractivity contribution in [2.45, 2.75) is 13.1 Å². The van der Waals surface area contributed by atoms with Crippen LogP contribution >= 0.6 is 23.6 Å². The van der Waals surface area contributed by atoms with Gasteiger partial charge in [0.1, 0.15) is 10.7 Å². The Labute approximate surface area is 129 Å². The minimum absolute atomic E-state index is 0.411. The summed E-state index contributed by atoms with van der Waals surface area (Å²) in [6.45, 7) is 1.69. The van der Waals surface area contributed by atoms with E-state index >= 15 is 0 Å². The molecule has 0 saturated carbocycles. The third kappa shape index (κ3) is 3.79. The molecule has 5 heteroatoms. The van der Waals surface area contributed by atoms with Gasteiger partial charge >= 0.3 is 0 Å². The first-order chi connectivity index (χ1) is 9.60. The lowest BCUT2D eigenvalue weighted by Crippen LogP contribution is -2.18. The van der Waals surface area contributed by atoms with Crippen molar-refractivity contribution in [3.05, 3.63) is 51.7 Å². The van der Waals surface area contributed by atoms with Crippen LogP contribution in [0.25, 0.3) is 0 Å². The third-order valence-corrected chi connectivity index (χ3v) is 4.01. The first-order valence-corrected chi connectivity index (χ1v) is 7.61. The minimum Gasteiger partial charge on any atom is -0.496 e. The van der Waals surface area contributed by atoms with Gasteiger partial charge in [0.25, 0.3) is 0 Å². The number of benzene rings is 1. The van der Waals surface area contributed by atoms with Crippen LogP contribution in [-0.2, 0) is 13.1 Å². The van der Waals surface area contributed by atoms with Gasteiger partial charge in [-0.05, 0) is 47.6 Å². The van der Waals surface area contributed by atoms with E-state index < -0.39 is 0 Å². The molecule has 2 N–H and O–H groups in total. The molecule has 0 fully saturated rings. The molecule has 0 amide bonds. The first kappa shape index (κ1) is 15.0. The standard InChI is InChI=1S/C15H18N2OS2/c1-17(8-11-5-6-20-10-11)9-13-7-12(15(16)19)3-4-14(13)18-2/h3-7,10H,8-9H2,1-2H3,(H2,16,19). The summed E-state index contributed by atoms with van der Waals surface area (Å²) in [5.74, 6) is 0.863. The summed E-state index contributed by atoms with van der Waals surface area (Å²) in [4.78, 5) is 2.65. The van der Waals surface area contributed by atoms with Crippen LogP contribution in [0, 0.1) is 0 Å². The fourth-order valence-electron chi connectivity index (χ4n) is 2.10. The minimum atomic E-state index is 0.411. The lowest BCUT2D eigenvalue weighted by molar-refractivity contribution is 0.310. The molecule has 20 heavy (non-hydrogen) atoms. The Kier molecular flexibility index (Phi) is 5.11. The molecule has 0 aliphatic carbocycles. The van der Waals surface area contributed by atoms with Crippen LogP contribution < -0.4 is 10.5 Å². The van der Waals surface area contributed by atoms with Crippen molar-refractivity contribution < 1.29 is 4.74 Å². The van der Waals surface area contributed by atoms with Gasteiger partial charge in [-0.2, -0.15) is 11.3 Å². The molecule has 106 valence electrons. The van der Waals surface area contributed by atoms with Gasteiger partial charge in [-0.25, -0.2) is 0 Å². The van der Waals surface area contributed by atoms with Gasteiger partial charge in [-0.15, -0.1) is 0 Å². The van der Waals surface area contributed by atoms with Crippen molar-refractivity contribution in [3.63, 3.8) is 0 Å². The quantitative estimate of drug-likeness (QED) is 0.833. The van der Waals surface area contributed by atoms with Gasteiger partial charge in [0.2, 0.25) is 0 Å². The fourth-order valence-corrected chi connectivity index (χ4v) is 2.88. The Morgan fingerprint density at radius 1 is 1.35 bits per heavy atom. The highest BCUT2D eigenvalue weighted by molar-refractivity contribution is 7.80. The molecule has 0 unspecified atom stereocenters. The van der Waals surface area contributed by atoms with E-state index in [2.05, 4.69) is 28.8 Å². The number of rotatable bonds is 6. The van der Waals surface area contributed by atoms with E-state index in [9.17, 15) is 0 Å². The zero-order valence-electron chi connectivity index (χ0n) is 11.6.